The Kier molecular flexibility index (Phi) is 6.65. The van der Waals surface area contributed by atoms with Crippen molar-refractivity contribution < 1.29 is 23.1 Å². The van der Waals surface area contributed by atoms with Crippen LogP contribution < -0.4 is 5.32 Å². The number of carbonyl (C=O) groups excluding carboxylic acids is 2. The maximum absolute atomic E-state index is 13.1. The molecule has 1 heterocycles. The quantitative estimate of drug-likeness (QED) is 0.750. The lowest BCUT2D eigenvalue weighted by atomic mass is 10.1. The number of rotatable bonds is 7. The first-order valence-corrected chi connectivity index (χ1v) is 8.60. The van der Waals surface area contributed by atoms with E-state index in [0.717, 1.165) is 35.6 Å². The van der Waals surface area contributed by atoms with Gasteiger partial charge in [0.25, 0.3) is 5.91 Å². The fraction of sp³-hybridized carbons (Fsp3) is 0.421. The third kappa shape index (κ3) is 5.60. The normalized spacial score (nSPS) is 10.9. The van der Waals surface area contributed by atoms with Gasteiger partial charge in [0.2, 0.25) is 0 Å². The molecule has 0 aliphatic heterocycles. The molecule has 0 fully saturated rings. The molecule has 0 aliphatic carbocycles. The second kappa shape index (κ2) is 8.75. The molecule has 1 N–H and O–H groups in total. The number of carbonyl (C=O) groups is 2. The zero-order valence-corrected chi connectivity index (χ0v) is 15.8. The Hall–Kier alpha value is -2.77. The summed E-state index contributed by atoms with van der Waals surface area (Å²) in [5.41, 5.74) is 2.50. The Labute approximate surface area is 156 Å². The van der Waals surface area contributed by atoms with Crippen molar-refractivity contribution in [2.24, 2.45) is 5.92 Å². The number of hydrogen-bond donors (Lipinski definition) is 1. The van der Waals surface area contributed by atoms with Crippen molar-refractivity contribution in [1.82, 2.24) is 9.78 Å². The van der Waals surface area contributed by atoms with Crippen molar-refractivity contribution in [3.8, 4) is 0 Å². The largest absolute Gasteiger partial charge is 0.455 e. The van der Waals surface area contributed by atoms with E-state index in [1.165, 1.54) is 6.07 Å². The van der Waals surface area contributed by atoms with Crippen molar-refractivity contribution in [3.63, 3.8) is 0 Å². The molecule has 0 radical (unpaired) electrons. The fourth-order valence-electron chi connectivity index (χ4n) is 2.63. The maximum Gasteiger partial charge on any atom is 0.310 e. The molecule has 0 saturated heterocycles. The Morgan fingerprint density at radius 1 is 1.22 bits per heavy atom. The van der Waals surface area contributed by atoms with Gasteiger partial charge >= 0.3 is 5.97 Å². The highest BCUT2D eigenvalue weighted by Gasteiger charge is 2.17. The van der Waals surface area contributed by atoms with E-state index < -0.39 is 30.1 Å². The maximum atomic E-state index is 13.1. The molecule has 1 aromatic heterocycles. The van der Waals surface area contributed by atoms with Gasteiger partial charge in [-0.1, -0.05) is 13.8 Å². The van der Waals surface area contributed by atoms with Crippen LogP contribution in [0.25, 0.3) is 0 Å². The smallest absolute Gasteiger partial charge is 0.310 e. The third-order valence-corrected chi connectivity index (χ3v) is 3.96. The SMILES string of the molecule is Cc1nn(CC(C)C)c(C)c1CC(=O)OCC(=O)Nc1ccc(F)c(F)c1. The monoisotopic (exact) mass is 379 g/mol. The Morgan fingerprint density at radius 2 is 1.93 bits per heavy atom. The van der Waals surface area contributed by atoms with Crippen LogP contribution in [0.15, 0.2) is 18.2 Å². The highest BCUT2D eigenvalue weighted by molar-refractivity contribution is 5.92. The van der Waals surface area contributed by atoms with Gasteiger partial charge in [-0.15, -0.1) is 0 Å². The molecule has 0 unspecified atom stereocenters. The molecule has 27 heavy (non-hydrogen) atoms. The van der Waals surface area contributed by atoms with Crippen LogP contribution in [0.1, 0.15) is 30.8 Å². The molecule has 2 aromatic rings. The topological polar surface area (TPSA) is 73.2 Å². The summed E-state index contributed by atoms with van der Waals surface area (Å²) in [5.74, 6) is -2.87. The summed E-state index contributed by atoms with van der Waals surface area (Å²) in [4.78, 5) is 23.9. The fourth-order valence-corrected chi connectivity index (χ4v) is 2.63. The van der Waals surface area contributed by atoms with E-state index in [4.69, 9.17) is 4.74 Å². The Morgan fingerprint density at radius 3 is 2.56 bits per heavy atom. The molecule has 0 bridgehead atoms. The Balaban J connectivity index is 1.89. The zero-order valence-electron chi connectivity index (χ0n) is 15.8. The van der Waals surface area contributed by atoms with Crippen molar-refractivity contribution in [2.75, 3.05) is 11.9 Å². The van der Waals surface area contributed by atoms with Crippen molar-refractivity contribution in [2.45, 2.75) is 40.7 Å². The molecule has 0 atom stereocenters. The number of benzene rings is 1. The minimum Gasteiger partial charge on any atom is -0.455 e. The summed E-state index contributed by atoms with van der Waals surface area (Å²) in [5, 5.41) is 6.77. The number of anilines is 1. The van der Waals surface area contributed by atoms with E-state index in [9.17, 15) is 18.4 Å². The zero-order chi connectivity index (χ0) is 20.1. The number of hydrogen-bond acceptors (Lipinski definition) is 4. The van der Waals surface area contributed by atoms with E-state index in [-0.39, 0.29) is 12.1 Å². The molecule has 2 rings (SSSR count). The van der Waals surface area contributed by atoms with E-state index in [1.54, 1.807) is 0 Å². The lowest BCUT2D eigenvalue weighted by Crippen LogP contribution is -2.22. The van der Waals surface area contributed by atoms with Crippen LogP contribution in [0.2, 0.25) is 0 Å². The summed E-state index contributed by atoms with van der Waals surface area (Å²) >= 11 is 0. The number of ether oxygens (including phenoxy) is 1. The van der Waals surface area contributed by atoms with Crippen molar-refractivity contribution in [3.05, 3.63) is 46.8 Å². The first kappa shape index (κ1) is 20.5. The summed E-state index contributed by atoms with van der Waals surface area (Å²) in [6, 6.07) is 2.97. The van der Waals surface area contributed by atoms with Gasteiger partial charge in [-0.05, 0) is 31.9 Å². The van der Waals surface area contributed by atoms with Gasteiger partial charge < -0.3 is 10.1 Å². The summed E-state index contributed by atoms with van der Waals surface area (Å²) < 4.78 is 32.8. The lowest BCUT2D eigenvalue weighted by Gasteiger charge is -2.09. The van der Waals surface area contributed by atoms with Crippen LogP contribution in [-0.4, -0.2) is 28.3 Å². The first-order valence-electron chi connectivity index (χ1n) is 8.60. The van der Waals surface area contributed by atoms with Gasteiger partial charge in [0.1, 0.15) is 0 Å². The third-order valence-electron chi connectivity index (χ3n) is 3.96. The van der Waals surface area contributed by atoms with Crippen molar-refractivity contribution in [1.29, 1.82) is 0 Å². The van der Waals surface area contributed by atoms with Crippen LogP contribution in [0.3, 0.4) is 0 Å². The van der Waals surface area contributed by atoms with Crippen molar-refractivity contribution >= 4 is 17.6 Å². The molecule has 0 saturated carbocycles. The molecule has 1 amide bonds. The number of nitrogens with one attached hydrogen (secondary N) is 1. The molecule has 8 heteroatoms. The average molecular weight is 379 g/mol. The van der Waals surface area contributed by atoms with Gasteiger partial charge in [0.05, 0.1) is 12.1 Å². The van der Waals surface area contributed by atoms with Crippen LogP contribution >= 0.6 is 0 Å². The van der Waals surface area contributed by atoms with E-state index >= 15 is 0 Å². The molecule has 0 aliphatic rings. The summed E-state index contributed by atoms with van der Waals surface area (Å²) in [6.45, 7) is 8.10. The summed E-state index contributed by atoms with van der Waals surface area (Å²) in [6.07, 6.45) is 0.00815. The number of aryl methyl sites for hydroxylation is 1. The number of amides is 1. The summed E-state index contributed by atoms with van der Waals surface area (Å²) in [7, 11) is 0. The predicted molar refractivity (Wildman–Crippen MR) is 96.2 cm³/mol. The highest BCUT2D eigenvalue weighted by atomic mass is 19.2. The van der Waals surface area contributed by atoms with Gasteiger partial charge in [-0.25, -0.2) is 8.78 Å². The Bertz CT molecular complexity index is 847. The number of nitrogens with zero attached hydrogens (tertiary/aromatic N) is 2. The lowest BCUT2D eigenvalue weighted by molar-refractivity contribution is -0.146. The predicted octanol–water partition coefficient (Wildman–Crippen LogP) is 3.16. The first-order chi connectivity index (χ1) is 12.7. The van der Waals surface area contributed by atoms with Gasteiger partial charge in [0.15, 0.2) is 18.2 Å². The van der Waals surface area contributed by atoms with Crippen LogP contribution in [0.4, 0.5) is 14.5 Å². The minimum atomic E-state index is -1.07. The van der Waals surface area contributed by atoms with E-state index in [1.807, 2.05) is 18.5 Å². The molecule has 1 aromatic carbocycles. The molecule has 146 valence electrons. The number of esters is 1. The number of aromatic nitrogens is 2. The van der Waals surface area contributed by atoms with Gasteiger partial charge in [-0.3, -0.25) is 14.3 Å². The van der Waals surface area contributed by atoms with Crippen LogP contribution in [-0.2, 0) is 27.3 Å². The van der Waals surface area contributed by atoms with Gasteiger partial charge in [0, 0.05) is 29.6 Å². The molecular formula is C19H23F2N3O3. The van der Waals surface area contributed by atoms with Crippen LogP contribution in [0.5, 0.6) is 0 Å². The molecule has 6 nitrogen and oxygen atoms in total. The second-order valence-electron chi connectivity index (χ2n) is 6.74. The van der Waals surface area contributed by atoms with E-state index in [2.05, 4.69) is 24.3 Å². The highest BCUT2D eigenvalue weighted by Crippen LogP contribution is 2.16. The second-order valence-corrected chi connectivity index (χ2v) is 6.74. The minimum absolute atomic E-state index is 0.00815. The van der Waals surface area contributed by atoms with Gasteiger partial charge in [-0.2, -0.15) is 5.10 Å². The standard InChI is InChI=1S/C19H23F2N3O3/c1-11(2)9-24-13(4)15(12(3)23-24)8-19(26)27-10-18(25)22-14-5-6-16(20)17(21)7-14/h5-7,11H,8-10H2,1-4H3,(H,22,25). The molecular weight excluding hydrogens is 356 g/mol. The van der Waals surface area contributed by atoms with Crippen LogP contribution in [0, 0.1) is 31.4 Å². The average Bonchev–Trinajstić information content (AvgIpc) is 2.83. The number of halogens is 2. The molecule has 0 spiro atoms. The van der Waals surface area contributed by atoms with E-state index in [0.29, 0.717) is 5.92 Å².